The van der Waals surface area contributed by atoms with E-state index in [4.69, 9.17) is 4.42 Å². The first-order chi connectivity index (χ1) is 31.5. The summed E-state index contributed by atoms with van der Waals surface area (Å²) in [5.74, 6) is 0. The van der Waals surface area contributed by atoms with Crippen LogP contribution in [0.1, 0.15) is 25.0 Å². The third-order valence-corrected chi connectivity index (χ3v) is 13.8. The Hall–Kier alpha value is -8.14. The number of hydrogen-bond donors (Lipinski definition) is 0. The fourth-order valence-corrected chi connectivity index (χ4v) is 10.7. The number of benzene rings is 10. The number of anilines is 3. The maximum Gasteiger partial charge on any atom is 0.137 e. The van der Waals surface area contributed by atoms with Gasteiger partial charge >= 0.3 is 0 Å². The largest absolute Gasteiger partial charge is 0.456 e. The van der Waals surface area contributed by atoms with E-state index >= 15 is 0 Å². The minimum Gasteiger partial charge on any atom is -0.456 e. The minimum atomic E-state index is -0.143. The summed E-state index contributed by atoms with van der Waals surface area (Å²) in [6, 6.07) is 79.6. The molecule has 0 N–H and O–H groups in total. The van der Waals surface area contributed by atoms with Crippen LogP contribution in [0.25, 0.3) is 93.6 Å². The molecule has 1 aliphatic rings. The molecule has 10 aromatic carbocycles. The van der Waals surface area contributed by atoms with Crippen LogP contribution in [0, 0.1) is 0 Å². The molecular weight excluding hydrogens is 777 g/mol. The standard InChI is InChI=1S/C61H42N2O/c1-61(2)51-22-12-11-21-47(51)59-52(61)23-13-24-54(59)63(46-31-27-40(28-32-46)39-15-5-3-6-16-39)55-25-14-26-58-60(55)50-37-44(30-34-57(50)64-58)43-29-33-53-48(36-43)49-35-41-17-9-10-18-42(41)38-56(49)62(53)45-19-7-4-8-20-45/h3-38H,1-2H3. The van der Waals surface area contributed by atoms with Gasteiger partial charge in [0, 0.05) is 38.5 Å². The molecule has 0 atom stereocenters. The summed E-state index contributed by atoms with van der Waals surface area (Å²) in [7, 11) is 0. The molecular formula is C61H42N2O. The Labute approximate surface area is 371 Å². The SMILES string of the molecule is CC1(C)c2ccccc2-c2c(N(c3ccc(-c4ccccc4)cc3)c3cccc4oc5ccc(-c6ccc7c(c6)c6cc8ccccc8cc6n7-c6ccccc6)cc5c34)cccc21. The summed E-state index contributed by atoms with van der Waals surface area (Å²) >= 11 is 0. The quantitative estimate of drug-likeness (QED) is 0.167. The molecule has 0 radical (unpaired) electrons. The van der Waals surface area contributed by atoms with E-state index in [2.05, 4.69) is 242 Å². The molecule has 2 heterocycles. The molecule has 13 rings (SSSR count). The van der Waals surface area contributed by atoms with Gasteiger partial charge in [-0.15, -0.1) is 0 Å². The zero-order chi connectivity index (χ0) is 42.5. The van der Waals surface area contributed by atoms with Crippen LogP contribution in [0.2, 0.25) is 0 Å². The number of nitrogens with zero attached hydrogens (tertiary/aromatic N) is 2. The van der Waals surface area contributed by atoms with Crippen molar-refractivity contribution in [3.63, 3.8) is 0 Å². The molecule has 3 heteroatoms. The van der Waals surface area contributed by atoms with Crippen molar-refractivity contribution < 1.29 is 4.42 Å². The Morgan fingerprint density at radius 1 is 0.422 bits per heavy atom. The van der Waals surface area contributed by atoms with Crippen LogP contribution in [0.5, 0.6) is 0 Å². The fraction of sp³-hybridized carbons (Fsp3) is 0.0492. The van der Waals surface area contributed by atoms with Crippen LogP contribution in [0.4, 0.5) is 17.1 Å². The molecule has 0 fully saturated rings. The second-order valence-corrected chi connectivity index (χ2v) is 17.7. The Balaban J connectivity index is 1.03. The van der Waals surface area contributed by atoms with Crippen molar-refractivity contribution in [2.24, 2.45) is 0 Å². The predicted molar refractivity (Wildman–Crippen MR) is 269 cm³/mol. The normalized spacial score (nSPS) is 13.0. The molecule has 0 spiro atoms. The van der Waals surface area contributed by atoms with Crippen LogP contribution in [0.3, 0.4) is 0 Å². The number of fused-ring (bicyclic) bond motifs is 10. The average Bonchev–Trinajstić information content (AvgIpc) is 3.96. The molecule has 0 unspecified atom stereocenters. The molecule has 0 aliphatic heterocycles. The third kappa shape index (κ3) is 5.47. The lowest BCUT2D eigenvalue weighted by molar-refractivity contribution is 0.660. The summed E-state index contributed by atoms with van der Waals surface area (Å²) in [6.45, 7) is 4.70. The van der Waals surface area contributed by atoms with Gasteiger partial charge in [0.05, 0.1) is 27.8 Å². The summed E-state index contributed by atoms with van der Waals surface area (Å²) in [5.41, 5.74) is 18.4. The highest BCUT2D eigenvalue weighted by Crippen LogP contribution is 2.55. The van der Waals surface area contributed by atoms with E-state index in [1.807, 2.05) is 0 Å². The van der Waals surface area contributed by atoms with E-state index in [1.165, 1.54) is 66.0 Å². The molecule has 64 heavy (non-hydrogen) atoms. The van der Waals surface area contributed by atoms with Crippen LogP contribution in [0.15, 0.2) is 223 Å². The summed E-state index contributed by atoms with van der Waals surface area (Å²) in [5, 5.41) is 7.11. The van der Waals surface area contributed by atoms with E-state index in [0.717, 1.165) is 55.8 Å². The Morgan fingerprint density at radius 2 is 1.03 bits per heavy atom. The number of para-hydroxylation sites is 1. The lowest BCUT2D eigenvalue weighted by Crippen LogP contribution is -2.16. The molecule has 302 valence electrons. The smallest absolute Gasteiger partial charge is 0.137 e. The molecule has 0 saturated carbocycles. The van der Waals surface area contributed by atoms with E-state index in [-0.39, 0.29) is 5.41 Å². The Kier molecular flexibility index (Phi) is 7.95. The number of hydrogen-bond acceptors (Lipinski definition) is 2. The highest BCUT2D eigenvalue weighted by atomic mass is 16.3. The van der Waals surface area contributed by atoms with Crippen LogP contribution < -0.4 is 4.90 Å². The third-order valence-electron chi connectivity index (χ3n) is 13.8. The van der Waals surface area contributed by atoms with E-state index in [0.29, 0.717) is 0 Å². The first-order valence-corrected chi connectivity index (χ1v) is 22.2. The zero-order valence-electron chi connectivity index (χ0n) is 35.6. The summed E-state index contributed by atoms with van der Waals surface area (Å²) in [4.78, 5) is 2.46. The van der Waals surface area contributed by atoms with Gasteiger partial charge in [0.15, 0.2) is 0 Å². The van der Waals surface area contributed by atoms with Crippen molar-refractivity contribution in [1.82, 2.24) is 4.57 Å². The van der Waals surface area contributed by atoms with Crippen molar-refractivity contribution in [3.8, 4) is 39.1 Å². The minimum absolute atomic E-state index is 0.143. The van der Waals surface area contributed by atoms with Crippen LogP contribution >= 0.6 is 0 Å². The molecule has 3 nitrogen and oxygen atoms in total. The lowest BCUT2D eigenvalue weighted by Gasteiger charge is -2.29. The van der Waals surface area contributed by atoms with Crippen molar-refractivity contribution in [1.29, 1.82) is 0 Å². The van der Waals surface area contributed by atoms with Crippen molar-refractivity contribution in [2.75, 3.05) is 4.90 Å². The van der Waals surface area contributed by atoms with Gasteiger partial charge in [0.2, 0.25) is 0 Å². The van der Waals surface area contributed by atoms with Crippen LogP contribution in [-0.4, -0.2) is 4.57 Å². The second-order valence-electron chi connectivity index (χ2n) is 17.7. The molecule has 0 amide bonds. The van der Waals surface area contributed by atoms with Gasteiger partial charge in [0.1, 0.15) is 11.2 Å². The first-order valence-electron chi connectivity index (χ1n) is 22.2. The van der Waals surface area contributed by atoms with Crippen molar-refractivity contribution >= 4 is 71.6 Å². The van der Waals surface area contributed by atoms with Gasteiger partial charge in [-0.05, 0) is 129 Å². The number of rotatable bonds is 6. The first kappa shape index (κ1) is 36.5. The number of furan rings is 1. The van der Waals surface area contributed by atoms with E-state index in [9.17, 15) is 0 Å². The highest BCUT2D eigenvalue weighted by Gasteiger charge is 2.38. The molecule has 12 aromatic rings. The topological polar surface area (TPSA) is 21.3 Å². The molecule has 2 aromatic heterocycles. The van der Waals surface area contributed by atoms with Crippen molar-refractivity contribution in [2.45, 2.75) is 19.3 Å². The average molecular weight is 819 g/mol. The van der Waals surface area contributed by atoms with Gasteiger partial charge < -0.3 is 13.9 Å². The monoisotopic (exact) mass is 818 g/mol. The highest BCUT2D eigenvalue weighted by molar-refractivity contribution is 6.17. The van der Waals surface area contributed by atoms with Gasteiger partial charge in [-0.25, -0.2) is 0 Å². The van der Waals surface area contributed by atoms with Gasteiger partial charge in [-0.3, -0.25) is 0 Å². The van der Waals surface area contributed by atoms with E-state index in [1.54, 1.807) is 0 Å². The van der Waals surface area contributed by atoms with Gasteiger partial charge in [0.25, 0.3) is 0 Å². The second kappa shape index (κ2) is 13.9. The molecule has 0 saturated heterocycles. The zero-order valence-corrected chi connectivity index (χ0v) is 35.6. The maximum atomic E-state index is 6.76. The van der Waals surface area contributed by atoms with Crippen molar-refractivity contribution in [3.05, 3.63) is 230 Å². The van der Waals surface area contributed by atoms with Gasteiger partial charge in [-0.1, -0.05) is 153 Å². The van der Waals surface area contributed by atoms with Gasteiger partial charge in [-0.2, -0.15) is 0 Å². The molecule has 0 bridgehead atoms. The summed E-state index contributed by atoms with van der Waals surface area (Å²) < 4.78 is 9.16. The van der Waals surface area contributed by atoms with E-state index < -0.39 is 0 Å². The number of aromatic nitrogens is 1. The lowest BCUT2D eigenvalue weighted by atomic mass is 9.82. The maximum absolute atomic E-state index is 6.76. The van der Waals surface area contributed by atoms with Crippen LogP contribution in [-0.2, 0) is 5.41 Å². The fourth-order valence-electron chi connectivity index (χ4n) is 10.7. The predicted octanol–water partition coefficient (Wildman–Crippen LogP) is 16.9. The summed E-state index contributed by atoms with van der Waals surface area (Å²) in [6.07, 6.45) is 0. The Bertz CT molecular complexity index is 3800. The Morgan fingerprint density at radius 3 is 1.84 bits per heavy atom. The molecule has 1 aliphatic carbocycles.